The Balaban J connectivity index is 1.66. The molecule has 96 valence electrons. The van der Waals surface area contributed by atoms with Gasteiger partial charge in [0.1, 0.15) is 0 Å². The smallest absolute Gasteiger partial charge is 0.283 e. The van der Waals surface area contributed by atoms with Gasteiger partial charge >= 0.3 is 0 Å². The van der Waals surface area contributed by atoms with Gasteiger partial charge in [0.05, 0.1) is 28.9 Å². The average molecular weight is 274 g/mol. The van der Waals surface area contributed by atoms with Gasteiger partial charge in [0.15, 0.2) is 5.76 Å². The number of hydrogen-bond donors (Lipinski definition) is 1. The molecular formula is C12H10N4O2S. The lowest BCUT2D eigenvalue weighted by Crippen LogP contribution is -1.87. The van der Waals surface area contributed by atoms with Gasteiger partial charge in [0.25, 0.3) is 5.89 Å². The minimum absolute atomic E-state index is 0.380. The van der Waals surface area contributed by atoms with Crippen LogP contribution in [0.3, 0.4) is 0 Å². The van der Waals surface area contributed by atoms with Crippen molar-refractivity contribution in [2.75, 3.05) is 5.73 Å². The van der Waals surface area contributed by atoms with Gasteiger partial charge in [-0.15, -0.1) is 10.2 Å². The first-order valence-corrected chi connectivity index (χ1v) is 6.50. The lowest BCUT2D eigenvalue weighted by atomic mass is 10.4. The van der Waals surface area contributed by atoms with E-state index in [1.807, 2.05) is 6.07 Å². The summed E-state index contributed by atoms with van der Waals surface area (Å²) in [6, 6.07) is 7.19. The molecule has 0 saturated heterocycles. The van der Waals surface area contributed by atoms with E-state index in [2.05, 4.69) is 15.2 Å². The molecule has 0 aliphatic rings. The Morgan fingerprint density at radius 3 is 2.89 bits per heavy atom. The van der Waals surface area contributed by atoms with Crippen molar-refractivity contribution in [3.05, 3.63) is 42.6 Å². The zero-order chi connectivity index (χ0) is 13.1. The molecule has 0 fully saturated rings. The van der Waals surface area contributed by atoms with Gasteiger partial charge in [-0.2, -0.15) is 0 Å². The van der Waals surface area contributed by atoms with E-state index in [0.29, 0.717) is 29.0 Å². The van der Waals surface area contributed by atoms with Crippen molar-refractivity contribution in [3.8, 4) is 11.7 Å². The molecule has 0 aliphatic carbocycles. The second-order valence-corrected chi connectivity index (χ2v) is 4.69. The van der Waals surface area contributed by atoms with E-state index in [0.717, 1.165) is 5.03 Å². The quantitative estimate of drug-likeness (QED) is 0.731. The normalized spacial score (nSPS) is 10.7. The predicted octanol–water partition coefficient (Wildman–Crippen LogP) is 2.60. The number of pyridine rings is 1. The van der Waals surface area contributed by atoms with Gasteiger partial charge in [-0.3, -0.25) is 0 Å². The molecule has 3 aromatic rings. The van der Waals surface area contributed by atoms with Crippen LogP contribution in [0, 0.1) is 0 Å². The van der Waals surface area contributed by atoms with E-state index in [4.69, 9.17) is 14.6 Å². The summed E-state index contributed by atoms with van der Waals surface area (Å²) in [7, 11) is 0. The molecule has 0 spiro atoms. The van der Waals surface area contributed by atoms with E-state index in [1.165, 1.54) is 11.8 Å². The number of furan rings is 1. The van der Waals surface area contributed by atoms with Crippen LogP contribution in [-0.2, 0) is 5.75 Å². The van der Waals surface area contributed by atoms with Gasteiger partial charge in [-0.25, -0.2) is 4.98 Å². The first-order chi connectivity index (χ1) is 9.31. The molecule has 6 nitrogen and oxygen atoms in total. The molecule has 0 bridgehead atoms. The summed E-state index contributed by atoms with van der Waals surface area (Å²) in [4.78, 5) is 4.18. The summed E-state index contributed by atoms with van der Waals surface area (Å²) < 4.78 is 10.7. The number of nitrogens with two attached hydrogens (primary N) is 1. The minimum Gasteiger partial charge on any atom is -0.459 e. The van der Waals surface area contributed by atoms with Crippen LogP contribution in [0.5, 0.6) is 0 Å². The third kappa shape index (κ3) is 2.76. The SMILES string of the molecule is Nc1ccc(SCc2nnc(-c3ccco3)o2)nc1. The van der Waals surface area contributed by atoms with Crippen molar-refractivity contribution in [1.82, 2.24) is 15.2 Å². The topological polar surface area (TPSA) is 91.0 Å². The standard InChI is InChI=1S/C12H10N4O2S/c13-8-3-4-11(14-6-8)19-7-10-15-16-12(18-10)9-2-1-5-17-9/h1-6H,7,13H2. The molecule has 3 heterocycles. The molecule has 0 unspecified atom stereocenters. The summed E-state index contributed by atoms with van der Waals surface area (Å²) in [5, 5.41) is 8.73. The van der Waals surface area contributed by atoms with E-state index >= 15 is 0 Å². The van der Waals surface area contributed by atoms with Crippen molar-refractivity contribution < 1.29 is 8.83 Å². The number of aromatic nitrogens is 3. The fraction of sp³-hybridized carbons (Fsp3) is 0.0833. The lowest BCUT2D eigenvalue weighted by molar-refractivity contribution is 0.494. The Kier molecular flexibility index (Phi) is 3.20. The molecule has 19 heavy (non-hydrogen) atoms. The Morgan fingerprint density at radius 2 is 2.16 bits per heavy atom. The summed E-state index contributed by atoms with van der Waals surface area (Å²) >= 11 is 1.50. The van der Waals surface area contributed by atoms with Crippen molar-refractivity contribution in [2.24, 2.45) is 0 Å². The lowest BCUT2D eigenvalue weighted by Gasteiger charge is -1.97. The first kappa shape index (κ1) is 11.8. The third-order valence-corrected chi connectivity index (χ3v) is 3.23. The molecule has 3 rings (SSSR count). The third-order valence-electron chi connectivity index (χ3n) is 2.30. The van der Waals surface area contributed by atoms with Gasteiger partial charge in [0, 0.05) is 0 Å². The predicted molar refractivity (Wildman–Crippen MR) is 70.2 cm³/mol. The zero-order valence-electron chi connectivity index (χ0n) is 9.81. The maximum absolute atomic E-state index is 5.57. The highest BCUT2D eigenvalue weighted by Gasteiger charge is 2.11. The Bertz CT molecular complexity index is 649. The largest absolute Gasteiger partial charge is 0.459 e. The van der Waals surface area contributed by atoms with Crippen LogP contribution in [0.4, 0.5) is 5.69 Å². The second kappa shape index (κ2) is 5.15. The van der Waals surface area contributed by atoms with E-state index in [1.54, 1.807) is 30.7 Å². The minimum atomic E-state index is 0.380. The Hall–Kier alpha value is -2.28. The maximum atomic E-state index is 5.57. The van der Waals surface area contributed by atoms with Crippen LogP contribution in [0.15, 0.2) is 50.6 Å². The van der Waals surface area contributed by atoms with Gasteiger partial charge in [0.2, 0.25) is 5.89 Å². The number of nitrogen functional groups attached to an aromatic ring is 1. The molecule has 7 heteroatoms. The number of nitrogens with zero attached hydrogens (tertiary/aromatic N) is 3. The van der Waals surface area contributed by atoms with Gasteiger partial charge < -0.3 is 14.6 Å². The van der Waals surface area contributed by atoms with Crippen LogP contribution in [-0.4, -0.2) is 15.2 Å². The fourth-order valence-electron chi connectivity index (χ4n) is 1.42. The van der Waals surface area contributed by atoms with Crippen LogP contribution in [0.1, 0.15) is 5.89 Å². The van der Waals surface area contributed by atoms with Gasteiger partial charge in [-0.1, -0.05) is 11.8 Å². The molecule has 0 radical (unpaired) electrons. The summed E-state index contributed by atoms with van der Waals surface area (Å²) in [5.74, 6) is 2.01. The van der Waals surface area contributed by atoms with E-state index < -0.39 is 0 Å². The number of anilines is 1. The Morgan fingerprint density at radius 1 is 1.21 bits per heavy atom. The maximum Gasteiger partial charge on any atom is 0.283 e. The van der Waals surface area contributed by atoms with Crippen molar-refractivity contribution in [2.45, 2.75) is 10.8 Å². The molecular weight excluding hydrogens is 264 g/mol. The van der Waals surface area contributed by atoms with Crippen molar-refractivity contribution in [1.29, 1.82) is 0 Å². The molecule has 0 aliphatic heterocycles. The van der Waals surface area contributed by atoms with E-state index in [-0.39, 0.29) is 0 Å². The summed E-state index contributed by atoms with van der Waals surface area (Å²) in [6.07, 6.45) is 3.18. The molecule has 0 saturated carbocycles. The average Bonchev–Trinajstić information content (AvgIpc) is 3.09. The molecule has 0 atom stereocenters. The van der Waals surface area contributed by atoms with Crippen LogP contribution >= 0.6 is 11.8 Å². The summed E-state index contributed by atoms with van der Waals surface area (Å²) in [5.41, 5.74) is 6.21. The van der Waals surface area contributed by atoms with Crippen molar-refractivity contribution >= 4 is 17.4 Å². The van der Waals surface area contributed by atoms with Crippen LogP contribution in [0.25, 0.3) is 11.7 Å². The van der Waals surface area contributed by atoms with Gasteiger partial charge in [-0.05, 0) is 24.3 Å². The molecule has 3 aromatic heterocycles. The highest BCUT2D eigenvalue weighted by Crippen LogP contribution is 2.23. The molecule has 2 N–H and O–H groups in total. The first-order valence-electron chi connectivity index (χ1n) is 5.52. The fourth-order valence-corrected chi connectivity index (χ4v) is 2.10. The zero-order valence-corrected chi connectivity index (χ0v) is 10.6. The highest BCUT2D eigenvalue weighted by atomic mass is 32.2. The van der Waals surface area contributed by atoms with Crippen LogP contribution < -0.4 is 5.73 Å². The Labute approximate surface area is 113 Å². The number of hydrogen-bond acceptors (Lipinski definition) is 7. The number of rotatable bonds is 4. The second-order valence-electron chi connectivity index (χ2n) is 3.70. The summed E-state index contributed by atoms with van der Waals surface area (Å²) in [6.45, 7) is 0. The van der Waals surface area contributed by atoms with E-state index in [9.17, 15) is 0 Å². The van der Waals surface area contributed by atoms with Crippen LogP contribution in [0.2, 0.25) is 0 Å². The van der Waals surface area contributed by atoms with Crippen molar-refractivity contribution in [3.63, 3.8) is 0 Å². The monoisotopic (exact) mass is 274 g/mol. The number of thioether (sulfide) groups is 1. The molecule has 0 amide bonds. The molecule has 0 aromatic carbocycles. The highest BCUT2D eigenvalue weighted by molar-refractivity contribution is 7.98.